The Kier molecular flexibility index (Phi) is 4.52. The Morgan fingerprint density at radius 3 is 2.84 bits per heavy atom. The van der Waals surface area contributed by atoms with Crippen molar-refractivity contribution in [3.8, 4) is 5.88 Å². The molecule has 0 saturated carbocycles. The number of nitrogens with zero attached hydrogens (tertiary/aromatic N) is 3. The molecule has 5 heteroatoms. The van der Waals surface area contributed by atoms with E-state index in [9.17, 15) is 0 Å². The minimum atomic E-state index is 0.221. The van der Waals surface area contributed by atoms with E-state index < -0.39 is 0 Å². The van der Waals surface area contributed by atoms with Crippen LogP contribution in [0.5, 0.6) is 5.88 Å². The average Bonchev–Trinajstić information content (AvgIpc) is 2.85. The van der Waals surface area contributed by atoms with E-state index in [0.717, 1.165) is 18.4 Å². The number of aryl methyl sites for hydroxylation is 2. The van der Waals surface area contributed by atoms with E-state index in [0.29, 0.717) is 5.88 Å². The van der Waals surface area contributed by atoms with Crippen LogP contribution in [0.15, 0.2) is 30.6 Å². The number of nitrogens with one attached hydrogen (secondary N) is 1. The summed E-state index contributed by atoms with van der Waals surface area (Å²) in [7, 11) is 5.58. The van der Waals surface area contributed by atoms with E-state index in [-0.39, 0.29) is 6.04 Å². The number of hydrogen-bond donors (Lipinski definition) is 1. The van der Waals surface area contributed by atoms with Crippen LogP contribution in [-0.4, -0.2) is 28.9 Å². The van der Waals surface area contributed by atoms with Gasteiger partial charge in [-0.3, -0.25) is 4.68 Å². The van der Waals surface area contributed by atoms with Crippen LogP contribution in [0, 0.1) is 0 Å². The molecule has 1 atom stereocenters. The molecule has 0 saturated heterocycles. The fourth-order valence-corrected chi connectivity index (χ4v) is 2.23. The molecule has 2 heterocycles. The largest absolute Gasteiger partial charge is 0.481 e. The molecule has 0 radical (unpaired) electrons. The lowest BCUT2D eigenvalue weighted by Gasteiger charge is -2.18. The van der Waals surface area contributed by atoms with Crippen LogP contribution in [0.25, 0.3) is 0 Å². The van der Waals surface area contributed by atoms with Crippen LogP contribution < -0.4 is 10.1 Å². The van der Waals surface area contributed by atoms with Gasteiger partial charge in [-0.05, 0) is 32.0 Å². The van der Waals surface area contributed by atoms with Crippen LogP contribution >= 0.6 is 0 Å². The minimum Gasteiger partial charge on any atom is -0.481 e. The normalized spacial score (nSPS) is 12.4. The Labute approximate surface area is 113 Å². The molecule has 0 aliphatic carbocycles. The first kappa shape index (κ1) is 13.5. The number of methoxy groups -OCH3 is 1. The highest BCUT2D eigenvalue weighted by molar-refractivity contribution is 5.29. The first-order valence-electron chi connectivity index (χ1n) is 6.39. The standard InChI is InChI=1S/C14H20N4O/c1-15-13(7-6-11-8-10-17-18(11)2)12-5-4-9-16-14(12)19-3/h4-5,8-10,13,15H,6-7H2,1-3H3. The Morgan fingerprint density at radius 2 is 2.21 bits per heavy atom. The molecule has 0 spiro atoms. The second kappa shape index (κ2) is 6.33. The van der Waals surface area contributed by atoms with Gasteiger partial charge in [-0.25, -0.2) is 4.98 Å². The van der Waals surface area contributed by atoms with Crippen molar-refractivity contribution in [2.24, 2.45) is 7.05 Å². The lowest BCUT2D eigenvalue weighted by Crippen LogP contribution is -2.18. The summed E-state index contributed by atoms with van der Waals surface area (Å²) in [5.74, 6) is 0.687. The third kappa shape index (κ3) is 3.12. The van der Waals surface area contributed by atoms with Crippen LogP contribution in [0.1, 0.15) is 23.7 Å². The lowest BCUT2D eigenvalue weighted by molar-refractivity contribution is 0.382. The number of aromatic nitrogens is 3. The Hall–Kier alpha value is -1.88. The summed E-state index contributed by atoms with van der Waals surface area (Å²) in [4.78, 5) is 4.25. The van der Waals surface area contributed by atoms with Crippen molar-refractivity contribution in [2.75, 3.05) is 14.2 Å². The third-order valence-electron chi connectivity index (χ3n) is 3.33. The summed E-state index contributed by atoms with van der Waals surface area (Å²) in [6.07, 6.45) is 5.50. The number of ether oxygens (including phenoxy) is 1. The Balaban J connectivity index is 2.10. The van der Waals surface area contributed by atoms with E-state index in [1.807, 2.05) is 37.1 Å². The molecule has 1 N–H and O–H groups in total. The summed E-state index contributed by atoms with van der Waals surface area (Å²) in [5, 5.41) is 7.51. The highest BCUT2D eigenvalue weighted by Crippen LogP contribution is 2.25. The topological polar surface area (TPSA) is 52.0 Å². The van der Waals surface area contributed by atoms with Gasteiger partial charge in [0.2, 0.25) is 5.88 Å². The highest BCUT2D eigenvalue weighted by atomic mass is 16.5. The van der Waals surface area contributed by atoms with E-state index in [4.69, 9.17) is 4.74 Å². The first-order chi connectivity index (χ1) is 9.26. The van der Waals surface area contributed by atoms with Crippen LogP contribution in [0.4, 0.5) is 0 Å². The van der Waals surface area contributed by atoms with Crippen molar-refractivity contribution in [1.82, 2.24) is 20.1 Å². The number of pyridine rings is 1. The van der Waals surface area contributed by atoms with Crippen LogP contribution in [0.2, 0.25) is 0 Å². The van der Waals surface area contributed by atoms with Gasteiger partial charge in [-0.2, -0.15) is 5.10 Å². The highest BCUT2D eigenvalue weighted by Gasteiger charge is 2.15. The monoisotopic (exact) mass is 260 g/mol. The van der Waals surface area contributed by atoms with E-state index in [1.54, 1.807) is 13.3 Å². The molecule has 0 aliphatic rings. The quantitative estimate of drug-likeness (QED) is 0.859. The van der Waals surface area contributed by atoms with Gasteiger partial charge in [0.05, 0.1) is 7.11 Å². The molecule has 0 aliphatic heterocycles. The van der Waals surface area contributed by atoms with E-state index in [2.05, 4.69) is 21.5 Å². The zero-order valence-electron chi connectivity index (χ0n) is 11.6. The van der Waals surface area contributed by atoms with Crippen LogP contribution in [-0.2, 0) is 13.5 Å². The molecule has 0 aromatic carbocycles. The Bertz CT molecular complexity index is 524. The fraction of sp³-hybridized carbons (Fsp3) is 0.429. The predicted octanol–water partition coefficient (Wildman–Crippen LogP) is 1.72. The van der Waals surface area contributed by atoms with Gasteiger partial charge in [0, 0.05) is 36.7 Å². The van der Waals surface area contributed by atoms with Crippen molar-refractivity contribution in [3.05, 3.63) is 41.9 Å². The maximum Gasteiger partial charge on any atom is 0.217 e. The van der Waals surface area contributed by atoms with Gasteiger partial charge in [0.1, 0.15) is 0 Å². The average molecular weight is 260 g/mol. The number of hydrogen-bond acceptors (Lipinski definition) is 4. The fourth-order valence-electron chi connectivity index (χ4n) is 2.23. The lowest BCUT2D eigenvalue weighted by atomic mass is 10.0. The summed E-state index contributed by atoms with van der Waals surface area (Å²) in [6, 6.07) is 6.26. The molecule has 19 heavy (non-hydrogen) atoms. The summed E-state index contributed by atoms with van der Waals surface area (Å²) >= 11 is 0. The molecule has 102 valence electrons. The summed E-state index contributed by atoms with van der Waals surface area (Å²) in [5.41, 5.74) is 2.32. The van der Waals surface area contributed by atoms with Crippen molar-refractivity contribution < 1.29 is 4.74 Å². The second-order valence-corrected chi connectivity index (χ2v) is 4.43. The third-order valence-corrected chi connectivity index (χ3v) is 3.33. The Morgan fingerprint density at radius 1 is 1.37 bits per heavy atom. The molecule has 2 aromatic rings. The zero-order chi connectivity index (χ0) is 13.7. The van der Waals surface area contributed by atoms with Crippen LogP contribution in [0.3, 0.4) is 0 Å². The van der Waals surface area contributed by atoms with Crippen molar-refractivity contribution in [3.63, 3.8) is 0 Å². The molecule has 2 aromatic heterocycles. The molecular formula is C14H20N4O. The minimum absolute atomic E-state index is 0.221. The molecular weight excluding hydrogens is 240 g/mol. The SMILES string of the molecule is CNC(CCc1ccnn1C)c1cccnc1OC. The first-order valence-corrected chi connectivity index (χ1v) is 6.39. The molecule has 0 amide bonds. The van der Waals surface area contributed by atoms with Gasteiger partial charge in [0.15, 0.2) is 0 Å². The maximum absolute atomic E-state index is 5.32. The summed E-state index contributed by atoms with van der Waals surface area (Å²) < 4.78 is 7.23. The van der Waals surface area contributed by atoms with Gasteiger partial charge in [0.25, 0.3) is 0 Å². The van der Waals surface area contributed by atoms with Crippen molar-refractivity contribution in [1.29, 1.82) is 0 Å². The van der Waals surface area contributed by atoms with Crippen molar-refractivity contribution in [2.45, 2.75) is 18.9 Å². The molecule has 0 fully saturated rings. The smallest absolute Gasteiger partial charge is 0.217 e. The van der Waals surface area contributed by atoms with E-state index in [1.165, 1.54) is 5.69 Å². The maximum atomic E-state index is 5.32. The molecule has 0 bridgehead atoms. The van der Waals surface area contributed by atoms with Gasteiger partial charge in [-0.15, -0.1) is 0 Å². The van der Waals surface area contributed by atoms with Crippen molar-refractivity contribution >= 4 is 0 Å². The summed E-state index contributed by atoms with van der Waals surface area (Å²) in [6.45, 7) is 0. The zero-order valence-corrected chi connectivity index (χ0v) is 11.6. The molecule has 2 rings (SSSR count). The predicted molar refractivity (Wildman–Crippen MR) is 74.1 cm³/mol. The van der Waals surface area contributed by atoms with Gasteiger partial charge < -0.3 is 10.1 Å². The molecule has 5 nitrogen and oxygen atoms in total. The van der Waals surface area contributed by atoms with Gasteiger partial charge >= 0.3 is 0 Å². The van der Waals surface area contributed by atoms with E-state index >= 15 is 0 Å². The molecule has 1 unspecified atom stereocenters. The second-order valence-electron chi connectivity index (χ2n) is 4.43. The number of rotatable bonds is 6. The van der Waals surface area contributed by atoms with Gasteiger partial charge in [-0.1, -0.05) is 6.07 Å².